The van der Waals surface area contributed by atoms with Gasteiger partial charge in [-0.1, -0.05) is 0 Å². The zero-order chi connectivity index (χ0) is 23.9. The summed E-state index contributed by atoms with van der Waals surface area (Å²) < 4.78 is 22.2. The number of amides is 1. The van der Waals surface area contributed by atoms with Gasteiger partial charge in [-0.2, -0.15) is 4.98 Å². The second kappa shape index (κ2) is 10.6. The number of carboxylic acid groups (broad SMARTS) is 1. The van der Waals surface area contributed by atoms with Crippen LogP contribution in [0.15, 0.2) is 54.7 Å². The van der Waals surface area contributed by atoms with Crippen LogP contribution in [-0.2, 0) is 0 Å². The molecule has 1 fully saturated rings. The monoisotopic (exact) mass is 466 g/mol. The lowest BCUT2D eigenvalue weighted by molar-refractivity contribution is 0.142. The molecule has 0 radical (unpaired) electrons. The Kier molecular flexibility index (Phi) is 7.16. The minimum Gasteiger partial charge on any atom is -0.497 e. The molecule has 1 aromatic heterocycles. The number of methoxy groups -OCH3 is 2. The largest absolute Gasteiger partial charge is 0.497 e. The van der Waals surface area contributed by atoms with Crippen molar-refractivity contribution < 1.29 is 28.8 Å². The van der Waals surface area contributed by atoms with E-state index in [0.717, 1.165) is 12.8 Å². The highest BCUT2D eigenvalue weighted by atomic mass is 16.5. The van der Waals surface area contributed by atoms with Crippen LogP contribution < -0.4 is 24.3 Å². The van der Waals surface area contributed by atoms with E-state index >= 15 is 0 Å². The van der Waals surface area contributed by atoms with Gasteiger partial charge in [0.05, 0.1) is 26.5 Å². The van der Waals surface area contributed by atoms with Crippen molar-refractivity contribution in [3.63, 3.8) is 0 Å². The Balaban J connectivity index is 1.54. The number of hydrogen-bond donors (Lipinski definition) is 2. The highest BCUT2D eigenvalue weighted by molar-refractivity contribution is 5.66. The number of likely N-dealkylation sites (tertiary alicyclic amines) is 1. The summed E-state index contributed by atoms with van der Waals surface area (Å²) in [7, 11) is 3.18. The third-order valence-electron chi connectivity index (χ3n) is 5.43. The van der Waals surface area contributed by atoms with E-state index in [0.29, 0.717) is 41.8 Å². The summed E-state index contributed by atoms with van der Waals surface area (Å²) in [6, 6.07) is 14.1. The van der Waals surface area contributed by atoms with E-state index in [1.807, 2.05) is 0 Å². The number of nitrogens with one attached hydrogen (secondary N) is 1. The molecule has 10 heteroatoms. The lowest BCUT2D eigenvalue weighted by Gasteiger charge is -2.22. The first-order valence-corrected chi connectivity index (χ1v) is 10.8. The molecule has 0 unspecified atom stereocenters. The van der Waals surface area contributed by atoms with Crippen LogP contribution in [0.2, 0.25) is 0 Å². The molecule has 1 atom stereocenters. The molecule has 3 aromatic rings. The summed E-state index contributed by atoms with van der Waals surface area (Å²) in [5.41, 5.74) is 0.523. The molecule has 2 aromatic carbocycles. The second-order valence-corrected chi connectivity index (χ2v) is 7.58. The summed E-state index contributed by atoms with van der Waals surface area (Å²) in [6.07, 6.45) is 2.26. The summed E-state index contributed by atoms with van der Waals surface area (Å²) in [5.74, 6) is 2.75. The van der Waals surface area contributed by atoms with Crippen molar-refractivity contribution in [2.45, 2.75) is 18.9 Å². The van der Waals surface area contributed by atoms with Gasteiger partial charge in [0.15, 0.2) is 0 Å². The van der Waals surface area contributed by atoms with Crippen molar-refractivity contribution in [2.24, 2.45) is 0 Å². The SMILES string of the molecule is COc1ccc(Oc2ncc(NC[C@@H]3CCCN3C(=O)O)c(Oc3ccc(OC)cc3)n2)cc1. The first-order valence-electron chi connectivity index (χ1n) is 10.8. The Morgan fingerprint density at radius 1 is 1.00 bits per heavy atom. The van der Waals surface area contributed by atoms with Gasteiger partial charge in [-0.25, -0.2) is 9.78 Å². The molecule has 4 rings (SSSR count). The van der Waals surface area contributed by atoms with Crippen molar-refractivity contribution in [1.82, 2.24) is 14.9 Å². The van der Waals surface area contributed by atoms with Crippen LogP contribution in [0.25, 0.3) is 0 Å². The highest BCUT2D eigenvalue weighted by Gasteiger charge is 2.28. The minimum atomic E-state index is -0.918. The fourth-order valence-electron chi connectivity index (χ4n) is 3.63. The van der Waals surface area contributed by atoms with Crippen LogP contribution in [0, 0.1) is 0 Å². The Bertz CT molecular complexity index is 1110. The van der Waals surface area contributed by atoms with E-state index in [-0.39, 0.29) is 17.9 Å². The van der Waals surface area contributed by atoms with Crippen molar-refractivity contribution in [2.75, 3.05) is 32.6 Å². The molecule has 2 heterocycles. The molecule has 1 aliphatic rings. The maximum Gasteiger partial charge on any atom is 0.407 e. The highest BCUT2D eigenvalue weighted by Crippen LogP contribution is 2.31. The Hall–Kier alpha value is -4.21. The summed E-state index contributed by atoms with van der Waals surface area (Å²) in [6.45, 7) is 0.940. The third-order valence-corrected chi connectivity index (χ3v) is 5.43. The van der Waals surface area contributed by atoms with Crippen molar-refractivity contribution in [3.05, 3.63) is 54.7 Å². The zero-order valence-electron chi connectivity index (χ0n) is 18.9. The number of ether oxygens (including phenoxy) is 4. The smallest absolute Gasteiger partial charge is 0.407 e. The van der Waals surface area contributed by atoms with Crippen LogP contribution in [0.4, 0.5) is 10.5 Å². The van der Waals surface area contributed by atoms with Crippen LogP contribution in [0.1, 0.15) is 12.8 Å². The van der Waals surface area contributed by atoms with Gasteiger partial charge in [0.2, 0.25) is 5.88 Å². The quantitative estimate of drug-likeness (QED) is 0.465. The van der Waals surface area contributed by atoms with Gasteiger partial charge < -0.3 is 34.3 Å². The molecule has 1 amide bonds. The topological polar surface area (TPSA) is 115 Å². The lowest BCUT2D eigenvalue weighted by atomic mass is 10.2. The Morgan fingerprint density at radius 2 is 1.59 bits per heavy atom. The van der Waals surface area contributed by atoms with Crippen LogP contribution in [-0.4, -0.2) is 59.4 Å². The third kappa shape index (κ3) is 5.58. The van der Waals surface area contributed by atoms with Gasteiger partial charge in [-0.15, -0.1) is 0 Å². The number of rotatable bonds is 9. The van der Waals surface area contributed by atoms with Gasteiger partial charge in [0, 0.05) is 13.1 Å². The number of aromatic nitrogens is 2. The van der Waals surface area contributed by atoms with E-state index in [4.69, 9.17) is 18.9 Å². The molecule has 1 saturated heterocycles. The zero-order valence-corrected chi connectivity index (χ0v) is 18.9. The van der Waals surface area contributed by atoms with E-state index in [1.165, 1.54) is 4.90 Å². The second-order valence-electron chi connectivity index (χ2n) is 7.58. The molecule has 2 N–H and O–H groups in total. The average Bonchev–Trinajstić information content (AvgIpc) is 3.34. The molecule has 0 aliphatic carbocycles. The maximum absolute atomic E-state index is 11.5. The number of nitrogens with zero attached hydrogens (tertiary/aromatic N) is 3. The Labute approximate surface area is 197 Å². The van der Waals surface area contributed by atoms with Gasteiger partial charge in [0.1, 0.15) is 28.7 Å². The predicted molar refractivity (Wildman–Crippen MR) is 124 cm³/mol. The molecule has 10 nitrogen and oxygen atoms in total. The summed E-state index contributed by atoms with van der Waals surface area (Å²) >= 11 is 0. The number of benzene rings is 2. The maximum atomic E-state index is 11.5. The van der Waals surface area contributed by atoms with Gasteiger partial charge in [-0.05, 0) is 61.4 Å². The molecule has 1 aliphatic heterocycles. The van der Waals surface area contributed by atoms with E-state index < -0.39 is 6.09 Å². The number of carbonyl (C=O) groups is 1. The fourth-order valence-corrected chi connectivity index (χ4v) is 3.63. The van der Waals surface area contributed by atoms with Gasteiger partial charge >= 0.3 is 12.1 Å². The average molecular weight is 466 g/mol. The minimum absolute atomic E-state index is 0.104. The summed E-state index contributed by atoms with van der Waals surface area (Å²) in [4.78, 5) is 21.6. The van der Waals surface area contributed by atoms with Crippen molar-refractivity contribution >= 4 is 11.8 Å². The first-order chi connectivity index (χ1) is 16.6. The van der Waals surface area contributed by atoms with Crippen molar-refractivity contribution in [1.29, 1.82) is 0 Å². The molecule has 0 saturated carbocycles. The normalized spacial score (nSPS) is 15.0. The fraction of sp³-hybridized carbons (Fsp3) is 0.292. The molecular weight excluding hydrogens is 440 g/mol. The van der Waals surface area contributed by atoms with Crippen molar-refractivity contribution in [3.8, 4) is 34.9 Å². The van der Waals surface area contributed by atoms with Crippen LogP contribution >= 0.6 is 0 Å². The molecule has 178 valence electrons. The van der Waals surface area contributed by atoms with Gasteiger partial charge in [0.25, 0.3) is 0 Å². The molecule has 0 spiro atoms. The summed E-state index contributed by atoms with van der Waals surface area (Å²) in [5, 5.41) is 12.6. The van der Waals surface area contributed by atoms with Crippen LogP contribution in [0.5, 0.6) is 34.9 Å². The predicted octanol–water partition coefficient (Wildman–Crippen LogP) is 4.63. The Morgan fingerprint density at radius 3 is 2.18 bits per heavy atom. The number of anilines is 1. The standard InChI is InChI=1S/C24H26N4O6/c1-31-17-5-9-19(10-6-17)33-22-21(25-14-16-4-3-13-28(16)24(29)30)15-26-23(27-22)34-20-11-7-18(32-2)8-12-20/h5-12,15-16,25H,3-4,13-14H2,1-2H3,(H,29,30)/t16-/m0/s1. The van der Waals surface area contributed by atoms with E-state index in [2.05, 4.69) is 15.3 Å². The van der Waals surface area contributed by atoms with E-state index in [1.54, 1.807) is 68.9 Å². The molecule has 0 bridgehead atoms. The van der Waals surface area contributed by atoms with Gasteiger partial charge in [-0.3, -0.25) is 0 Å². The molecular formula is C24H26N4O6. The van der Waals surface area contributed by atoms with E-state index in [9.17, 15) is 9.90 Å². The molecule has 34 heavy (non-hydrogen) atoms. The first kappa shape index (κ1) is 23.0. The lowest BCUT2D eigenvalue weighted by Crippen LogP contribution is -2.38. The van der Waals surface area contributed by atoms with Crippen LogP contribution in [0.3, 0.4) is 0 Å². The number of hydrogen-bond acceptors (Lipinski definition) is 8.